The molecule has 4 heteroatoms. The van der Waals surface area contributed by atoms with Crippen molar-refractivity contribution in [1.82, 2.24) is 15.5 Å². The third-order valence-electron chi connectivity index (χ3n) is 5.57. The topological polar surface area (TPSA) is 54.3 Å². The van der Waals surface area contributed by atoms with Gasteiger partial charge in [0.25, 0.3) is 0 Å². The summed E-state index contributed by atoms with van der Waals surface area (Å²) < 4.78 is 0. The smallest absolute Gasteiger partial charge is 0.241 e. The standard InChI is InChI=1S/C16H27N3O/c1-9(2)17-11-7-12-5-6-13(8-11)19(12)16(20)15-14(18-15)10-3-4-10/h9-15,17-18H,3-8H2,1-2H3/t11?,12-,13+,14-,15-/m0/s1. The summed E-state index contributed by atoms with van der Waals surface area (Å²) in [6.07, 6.45) is 7.40. The quantitative estimate of drug-likeness (QED) is 0.761. The highest BCUT2D eigenvalue weighted by atomic mass is 16.2. The highest BCUT2D eigenvalue weighted by Crippen LogP contribution is 2.42. The van der Waals surface area contributed by atoms with Gasteiger partial charge in [-0.15, -0.1) is 0 Å². The summed E-state index contributed by atoms with van der Waals surface area (Å²) in [5, 5.41) is 7.10. The van der Waals surface area contributed by atoms with Crippen LogP contribution in [0.3, 0.4) is 0 Å². The first kappa shape index (κ1) is 13.1. The van der Waals surface area contributed by atoms with Crippen LogP contribution in [-0.4, -0.2) is 47.1 Å². The molecule has 4 aliphatic rings. The molecule has 112 valence electrons. The largest absolute Gasteiger partial charge is 0.335 e. The Morgan fingerprint density at radius 1 is 1.15 bits per heavy atom. The molecule has 0 aromatic heterocycles. The molecule has 1 amide bonds. The molecule has 5 atom stereocenters. The Balaban J connectivity index is 1.39. The maximum atomic E-state index is 12.7. The second-order valence-electron chi connectivity index (χ2n) is 7.63. The van der Waals surface area contributed by atoms with E-state index in [1.54, 1.807) is 0 Å². The number of carbonyl (C=O) groups is 1. The van der Waals surface area contributed by atoms with Gasteiger partial charge in [-0.3, -0.25) is 10.1 Å². The van der Waals surface area contributed by atoms with Crippen molar-refractivity contribution >= 4 is 5.91 Å². The third-order valence-corrected chi connectivity index (χ3v) is 5.57. The zero-order valence-electron chi connectivity index (χ0n) is 12.6. The lowest BCUT2D eigenvalue weighted by Crippen LogP contribution is -2.54. The van der Waals surface area contributed by atoms with Gasteiger partial charge in [-0.25, -0.2) is 0 Å². The van der Waals surface area contributed by atoms with Crippen LogP contribution < -0.4 is 10.6 Å². The number of hydrogen-bond donors (Lipinski definition) is 2. The number of rotatable bonds is 4. The fourth-order valence-electron chi connectivity index (χ4n) is 4.55. The fourth-order valence-corrected chi connectivity index (χ4v) is 4.55. The maximum absolute atomic E-state index is 12.7. The normalized spacial score (nSPS) is 43.1. The number of fused-ring (bicyclic) bond motifs is 2. The Morgan fingerprint density at radius 3 is 2.35 bits per heavy atom. The molecule has 2 N–H and O–H groups in total. The molecular weight excluding hydrogens is 250 g/mol. The maximum Gasteiger partial charge on any atom is 0.241 e. The molecule has 1 unspecified atom stereocenters. The molecule has 4 rings (SSSR count). The predicted octanol–water partition coefficient (Wildman–Crippen LogP) is 1.26. The van der Waals surface area contributed by atoms with Gasteiger partial charge in [0.05, 0.1) is 0 Å². The molecule has 1 aliphatic carbocycles. The van der Waals surface area contributed by atoms with Crippen LogP contribution in [0.1, 0.15) is 52.4 Å². The van der Waals surface area contributed by atoms with E-state index in [1.165, 1.54) is 25.7 Å². The number of amides is 1. The van der Waals surface area contributed by atoms with Crippen LogP contribution >= 0.6 is 0 Å². The lowest BCUT2D eigenvalue weighted by molar-refractivity contribution is -0.135. The lowest BCUT2D eigenvalue weighted by atomic mass is 9.96. The third kappa shape index (κ3) is 2.27. The van der Waals surface area contributed by atoms with E-state index in [9.17, 15) is 4.79 Å². The molecule has 0 spiro atoms. The molecule has 0 aromatic rings. The van der Waals surface area contributed by atoms with Crippen LogP contribution in [0.2, 0.25) is 0 Å². The molecule has 3 aliphatic heterocycles. The SMILES string of the molecule is CC(C)NC1C[C@H]2CC[C@@H](C1)N2C(=O)[C@H]1N[C@H]1C1CC1. The van der Waals surface area contributed by atoms with Crippen molar-refractivity contribution < 1.29 is 4.79 Å². The monoisotopic (exact) mass is 277 g/mol. The Morgan fingerprint density at radius 2 is 1.80 bits per heavy atom. The van der Waals surface area contributed by atoms with E-state index < -0.39 is 0 Å². The lowest BCUT2D eigenvalue weighted by Gasteiger charge is -2.40. The molecular formula is C16H27N3O. The van der Waals surface area contributed by atoms with Gasteiger partial charge < -0.3 is 10.2 Å². The molecule has 0 radical (unpaired) electrons. The van der Waals surface area contributed by atoms with Crippen LogP contribution in [0.4, 0.5) is 0 Å². The van der Waals surface area contributed by atoms with Crippen LogP contribution in [0.5, 0.6) is 0 Å². The van der Waals surface area contributed by atoms with Gasteiger partial charge in [-0.2, -0.15) is 0 Å². The minimum absolute atomic E-state index is 0.167. The van der Waals surface area contributed by atoms with Gasteiger partial charge in [0, 0.05) is 30.2 Å². The summed E-state index contributed by atoms with van der Waals surface area (Å²) in [6.45, 7) is 4.43. The summed E-state index contributed by atoms with van der Waals surface area (Å²) in [7, 11) is 0. The zero-order valence-corrected chi connectivity index (χ0v) is 12.6. The second kappa shape index (κ2) is 4.70. The van der Waals surface area contributed by atoms with E-state index in [1.807, 2.05) is 0 Å². The minimum atomic E-state index is 0.167. The Kier molecular flexibility index (Phi) is 3.08. The van der Waals surface area contributed by atoms with Crippen LogP contribution in [0.25, 0.3) is 0 Å². The Hall–Kier alpha value is -0.610. The van der Waals surface area contributed by atoms with Crippen molar-refractivity contribution in [3.63, 3.8) is 0 Å². The fraction of sp³-hybridized carbons (Fsp3) is 0.938. The predicted molar refractivity (Wildman–Crippen MR) is 78.4 cm³/mol. The van der Waals surface area contributed by atoms with E-state index in [-0.39, 0.29) is 6.04 Å². The number of nitrogens with zero attached hydrogens (tertiary/aromatic N) is 1. The van der Waals surface area contributed by atoms with Crippen molar-refractivity contribution in [1.29, 1.82) is 0 Å². The van der Waals surface area contributed by atoms with E-state index >= 15 is 0 Å². The number of nitrogens with one attached hydrogen (secondary N) is 2. The first-order valence-corrected chi connectivity index (χ1v) is 8.47. The van der Waals surface area contributed by atoms with Crippen LogP contribution in [0.15, 0.2) is 0 Å². The average molecular weight is 277 g/mol. The second-order valence-corrected chi connectivity index (χ2v) is 7.63. The van der Waals surface area contributed by atoms with E-state index in [4.69, 9.17) is 0 Å². The van der Waals surface area contributed by atoms with Gasteiger partial charge in [-0.05, 0) is 44.4 Å². The molecule has 1 saturated carbocycles. The summed E-state index contributed by atoms with van der Waals surface area (Å²) in [4.78, 5) is 15.0. The van der Waals surface area contributed by atoms with Crippen molar-refractivity contribution in [2.45, 2.75) is 88.6 Å². The van der Waals surface area contributed by atoms with E-state index in [2.05, 4.69) is 29.4 Å². The summed E-state index contributed by atoms with van der Waals surface area (Å²) in [6, 6.07) is 2.85. The van der Waals surface area contributed by atoms with E-state index in [0.29, 0.717) is 36.1 Å². The first-order valence-electron chi connectivity index (χ1n) is 8.47. The number of hydrogen-bond acceptors (Lipinski definition) is 3. The van der Waals surface area contributed by atoms with Gasteiger partial charge in [0.2, 0.25) is 5.91 Å². The molecule has 4 fully saturated rings. The highest BCUT2D eigenvalue weighted by Gasteiger charge is 2.55. The molecule has 3 saturated heterocycles. The van der Waals surface area contributed by atoms with Crippen molar-refractivity contribution in [2.75, 3.05) is 0 Å². The van der Waals surface area contributed by atoms with Crippen molar-refractivity contribution in [2.24, 2.45) is 5.92 Å². The van der Waals surface area contributed by atoms with Gasteiger partial charge in [0.1, 0.15) is 6.04 Å². The van der Waals surface area contributed by atoms with Crippen LogP contribution in [0, 0.1) is 5.92 Å². The Labute approximate surface area is 121 Å². The molecule has 20 heavy (non-hydrogen) atoms. The molecule has 3 heterocycles. The molecule has 4 nitrogen and oxygen atoms in total. The first-order chi connectivity index (χ1) is 9.63. The van der Waals surface area contributed by atoms with Gasteiger partial charge in [-0.1, -0.05) is 13.8 Å². The van der Waals surface area contributed by atoms with Gasteiger partial charge in [0.15, 0.2) is 0 Å². The molecule has 2 bridgehead atoms. The Bertz CT molecular complexity index is 393. The van der Waals surface area contributed by atoms with Gasteiger partial charge >= 0.3 is 0 Å². The summed E-state index contributed by atoms with van der Waals surface area (Å²) >= 11 is 0. The minimum Gasteiger partial charge on any atom is -0.335 e. The zero-order chi connectivity index (χ0) is 13.9. The number of carbonyl (C=O) groups excluding carboxylic acids is 1. The van der Waals surface area contributed by atoms with Crippen molar-refractivity contribution in [3.05, 3.63) is 0 Å². The van der Waals surface area contributed by atoms with E-state index in [0.717, 1.165) is 18.8 Å². The van der Waals surface area contributed by atoms with Crippen molar-refractivity contribution in [3.8, 4) is 0 Å². The summed E-state index contributed by atoms with van der Waals surface area (Å²) in [5.74, 6) is 1.22. The number of piperidine rings is 1. The average Bonchev–Trinajstić information content (AvgIpc) is 3.24. The van der Waals surface area contributed by atoms with Crippen LogP contribution in [-0.2, 0) is 4.79 Å². The summed E-state index contributed by atoms with van der Waals surface area (Å²) in [5.41, 5.74) is 0. The highest BCUT2D eigenvalue weighted by molar-refractivity contribution is 5.87. The molecule has 0 aromatic carbocycles.